The summed E-state index contributed by atoms with van der Waals surface area (Å²) in [5.41, 5.74) is 4.20. The SMILES string of the molecule is CCCCc1ccc(C(=O)N2CCN([C@H](C(=O)Nc3ccc(C(C)C)cc3)C3CCCC3)CC2)cc1. The summed E-state index contributed by atoms with van der Waals surface area (Å²) in [4.78, 5) is 30.9. The minimum Gasteiger partial charge on any atom is -0.336 e. The summed E-state index contributed by atoms with van der Waals surface area (Å²) in [5.74, 6) is 1.06. The summed E-state index contributed by atoms with van der Waals surface area (Å²) >= 11 is 0. The van der Waals surface area contributed by atoms with Gasteiger partial charge in [-0.15, -0.1) is 0 Å². The molecule has 0 spiro atoms. The predicted molar refractivity (Wildman–Crippen MR) is 147 cm³/mol. The first-order valence-electron chi connectivity index (χ1n) is 14.0. The molecule has 2 aromatic carbocycles. The number of anilines is 1. The number of aryl methyl sites for hydroxylation is 1. The summed E-state index contributed by atoms with van der Waals surface area (Å²) in [6.07, 6.45) is 8.02. The fourth-order valence-electron chi connectivity index (χ4n) is 5.70. The molecule has 2 fully saturated rings. The molecular weight excluding hydrogens is 446 g/mol. The average molecular weight is 490 g/mol. The Morgan fingerprint density at radius 1 is 0.917 bits per heavy atom. The third-order valence-corrected chi connectivity index (χ3v) is 7.97. The summed E-state index contributed by atoms with van der Waals surface area (Å²) in [6.45, 7) is 9.35. The van der Waals surface area contributed by atoms with Crippen LogP contribution in [0.4, 0.5) is 5.69 Å². The van der Waals surface area contributed by atoms with Crippen LogP contribution in [0.25, 0.3) is 0 Å². The summed E-state index contributed by atoms with van der Waals surface area (Å²) in [5, 5.41) is 3.20. The van der Waals surface area contributed by atoms with Gasteiger partial charge in [0.05, 0.1) is 6.04 Å². The number of rotatable bonds is 9. The van der Waals surface area contributed by atoms with Crippen LogP contribution >= 0.6 is 0 Å². The Hall–Kier alpha value is -2.66. The van der Waals surface area contributed by atoms with Crippen LogP contribution in [0.2, 0.25) is 0 Å². The number of hydrogen-bond acceptors (Lipinski definition) is 3. The molecule has 0 aromatic heterocycles. The summed E-state index contributed by atoms with van der Waals surface area (Å²) < 4.78 is 0. The topological polar surface area (TPSA) is 52.7 Å². The van der Waals surface area contributed by atoms with E-state index in [4.69, 9.17) is 0 Å². The quantitative estimate of drug-likeness (QED) is 0.462. The minimum absolute atomic E-state index is 0.0987. The number of piperazine rings is 1. The number of unbranched alkanes of at least 4 members (excludes halogenated alkanes) is 1. The second kappa shape index (κ2) is 12.5. The van der Waals surface area contributed by atoms with Crippen molar-refractivity contribution in [1.29, 1.82) is 0 Å². The van der Waals surface area contributed by atoms with E-state index < -0.39 is 0 Å². The molecule has 1 heterocycles. The van der Waals surface area contributed by atoms with Crippen LogP contribution in [0.15, 0.2) is 48.5 Å². The van der Waals surface area contributed by atoms with Gasteiger partial charge in [-0.05, 0) is 72.9 Å². The smallest absolute Gasteiger partial charge is 0.253 e. The monoisotopic (exact) mass is 489 g/mol. The van der Waals surface area contributed by atoms with Crippen molar-refractivity contribution in [1.82, 2.24) is 9.80 Å². The molecule has 0 bridgehead atoms. The van der Waals surface area contributed by atoms with Gasteiger partial charge in [-0.3, -0.25) is 14.5 Å². The summed E-state index contributed by atoms with van der Waals surface area (Å²) in [6, 6.07) is 16.2. The molecule has 194 valence electrons. The largest absolute Gasteiger partial charge is 0.336 e. The summed E-state index contributed by atoms with van der Waals surface area (Å²) in [7, 11) is 0. The molecular formula is C31H43N3O2. The molecule has 5 nitrogen and oxygen atoms in total. The number of nitrogens with zero attached hydrogens (tertiary/aromatic N) is 2. The molecule has 1 saturated heterocycles. The Labute approximate surface area is 217 Å². The van der Waals surface area contributed by atoms with E-state index in [0.717, 1.165) is 43.6 Å². The highest BCUT2D eigenvalue weighted by Gasteiger charge is 2.37. The van der Waals surface area contributed by atoms with Crippen molar-refractivity contribution in [2.45, 2.75) is 77.7 Å². The molecule has 1 aliphatic carbocycles. The van der Waals surface area contributed by atoms with E-state index >= 15 is 0 Å². The zero-order chi connectivity index (χ0) is 25.5. The molecule has 5 heteroatoms. The van der Waals surface area contributed by atoms with Gasteiger partial charge >= 0.3 is 0 Å². The van der Waals surface area contributed by atoms with Crippen molar-refractivity contribution >= 4 is 17.5 Å². The van der Waals surface area contributed by atoms with Crippen LogP contribution in [0.3, 0.4) is 0 Å². The standard InChI is InChI=1S/C31H43N3O2/c1-4-5-8-24-11-13-27(14-12-24)31(36)34-21-19-33(20-22-34)29(26-9-6-7-10-26)30(35)32-28-17-15-25(16-18-28)23(2)3/h11-18,23,26,29H,4-10,19-22H2,1-3H3,(H,32,35)/t29-/m0/s1. The van der Waals surface area contributed by atoms with E-state index in [1.165, 1.54) is 36.8 Å². The number of amides is 2. The molecule has 1 saturated carbocycles. The fourth-order valence-corrected chi connectivity index (χ4v) is 5.70. The molecule has 4 rings (SSSR count). The van der Waals surface area contributed by atoms with Crippen LogP contribution in [0, 0.1) is 5.92 Å². The average Bonchev–Trinajstić information content (AvgIpc) is 3.42. The van der Waals surface area contributed by atoms with E-state index in [0.29, 0.717) is 24.9 Å². The van der Waals surface area contributed by atoms with Crippen molar-refractivity contribution in [3.8, 4) is 0 Å². The zero-order valence-electron chi connectivity index (χ0n) is 22.3. The van der Waals surface area contributed by atoms with Crippen LogP contribution in [-0.2, 0) is 11.2 Å². The lowest BCUT2D eigenvalue weighted by atomic mass is 9.94. The lowest BCUT2D eigenvalue weighted by Gasteiger charge is -2.40. The molecule has 2 aromatic rings. The van der Waals surface area contributed by atoms with E-state index in [2.05, 4.69) is 55.3 Å². The Morgan fingerprint density at radius 3 is 2.14 bits per heavy atom. The third kappa shape index (κ3) is 6.56. The van der Waals surface area contributed by atoms with Gasteiger partial charge in [-0.25, -0.2) is 0 Å². The van der Waals surface area contributed by atoms with E-state index in [1.54, 1.807) is 0 Å². The molecule has 1 N–H and O–H groups in total. The van der Waals surface area contributed by atoms with Crippen molar-refractivity contribution in [3.05, 3.63) is 65.2 Å². The Kier molecular flexibility index (Phi) is 9.19. The van der Waals surface area contributed by atoms with Gasteiger partial charge in [-0.1, -0.05) is 64.3 Å². The fraction of sp³-hybridized carbons (Fsp3) is 0.548. The van der Waals surface area contributed by atoms with Gasteiger partial charge in [0, 0.05) is 37.4 Å². The first-order chi connectivity index (χ1) is 17.5. The number of carbonyl (C=O) groups excluding carboxylic acids is 2. The van der Waals surface area contributed by atoms with E-state index in [-0.39, 0.29) is 17.9 Å². The third-order valence-electron chi connectivity index (χ3n) is 7.97. The van der Waals surface area contributed by atoms with Crippen LogP contribution in [0.1, 0.15) is 86.7 Å². The van der Waals surface area contributed by atoms with Gasteiger partial charge < -0.3 is 10.2 Å². The minimum atomic E-state index is -0.132. The van der Waals surface area contributed by atoms with Gasteiger partial charge in [0.25, 0.3) is 5.91 Å². The van der Waals surface area contributed by atoms with Gasteiger partial charge in [0.1, 0.15) is 0 Å². The maximum absolute atomic E-state index is 13.5. The van der Waals surface area contributed by atoms with Crippen LogP contribution in [-0.4, -0.2) is 53.8 Å². The van der Waals surface area contributed by atoms with Gasteiger partial charge in [-0.2, -0.15) is 0 Å². The Balaban J connectivity index is 1.37. The highest BCUT2D eigenvalue weighted by molar-refractivity contribution is 5.95. The highest BCUT2D eigenvalue weighted by Crippen LogP contribution is 2.32. The number of hydrogen-bond donors (Lipinski definition) is 1. The second-order valence-electron chi connectivity index (χ2n) is 10.9. The molecule has 2 amide bonds. The molecule has 2 aliphatic rings. The van der Waals surface area contributed by atoms with Crippen LogP contribution < -0.4 is 5.32 Å². The molecule has 1 atom stereocenters. The number of nitrogens with one attached hydrogen (secondary N) is 1. The predicted octanol–water partition coefficient (Wildman–Crippen LogP) is 6.11. The zero-order valence-corrected chi connectivity index (χ0v) is 22.3. The van der Waals surface area contributed by atoms with Crippen molar-refractivity contribution < 1.29 is 9.59 Å². The molecule has 0 radical (unpaired) electrons. The van der Waals surface area contributed by atoms with Crippen LogP contribution in [0.5, 0.6) is 0 Å². The number of carbonyl (C=O) groups is 2. The molecule has 1 aliphatic heterocycles. The Bertz CT molecular complexity index is 985. The maximum Gasteiger partial charge on any atom is 0.253 e. The van der Waals surface area contributed by atoms with Gasteiger partial charge in [0.2, 0.25) is 5.91 Å². The highest BCUT2D eigenvalue weighted by atomic mass is 16.2. The normalized spacial score (nSPS) is 17.9. The van der Waals surface area contributed by atoms with Crippen molar-refractivity contribution in [3.63, 3.8) is 0 Å². The van der Waals surface area contributed by atoms with Gasteiger partial charge in [0.15, 0.2) is 0 Å². The first kappa shape index (κ1) is 26.4. The molecule has 36 heavy (non-hydrogen) atoms. The first-order valence-corrected chi connectivity index (χ1v) is 14.0. The number of benzene rings is 2. The van der Waals surface area contributed by atoms with Crippen molar-refractivity contribution in [2.24, 2.45) is 5.92 Å². The molecule has 0 unspecified atom stereocenters. The lowest BCUT2D eigenvalue weighted by Crippen LogP contribution is -2.56. The lowest BCUT2D eigenvalue weighted by molar-refractivity contribution is -0.123. The maximum atomic E-state index is 13.5. The Morgan fingerprint density at radius 2 is 1.56 bits per heavy atom. The van der Waals surface area contributed by atoms with E-state index in [9.17, 15) is 9.59 Å². The second-order valence-corrected chi connectivity index (χ2v) is 10.9. The van der Waals surface area contributed by atoms with E-state index in [1.807, 2.05) is 29.2 Å². The van der Waals surface area contributed by atoms with Crippen molar-refractivity contribution in [2.75, 3.05) is 31.5 Å².